The molecule has 0 N–H and O–H groups in total. The van der Waals surface area contributed by atoms with Crippen molar-refractivity contribution < 1.29 is 8.81 Å². The van der Waals surface area contributed by atoms with Crippen molar-refractivity contribution in [1.82, 2.24) is 14.7 Å². The molecule has 1 aliphatic heterocycles. The molecule has 5 nitrogen and oxygen atoms in total. The van der Waals surface area contributed by atoms with Crippen LogP contribution in [-0.2, 0) is 6.67 Å². The molecule has 0 saturated carbocycles. The Morgan fingerprint density at radius 1 is 1.00 bits per heavy atom. The summed E-state index contributed by atoms with van der Waals surface area (Å²) >= 11 is 5.34. The maximum absolute atomic E-state index is 13.1. The van der Waals surface area contributed by atoms with Gasteiger partial charge in [-0.2, -0.15) is 0 Å². The molecular weight excluding hydrogens is 363 g/mol. The summed E-state index contributed by atoms with van der Waals surface area (Å²) in [4.78, 5) is 4.93. The van der Waals surface area contributed by atoms with Crippen LogP contribution >= 0.6 is 12.2 Å². The largest absolute Gasteiger partial charge is 0.409 e. The molecule has 0 amide bonds. The van der Waals surface area contributed by atoms with E-state index in [1.54, 1.807) is 4.68 Å². The maximum Gasteiger partial charge on any atom is 0.288 e. The highest BCUT2D eigenvalue weighted by Crippen LogP contribution is 2.20. The van der Waals surface area contributed by atoms with E-state index >= 15 is 0 Å². The fourth-order valence-electron chi connectivity index (χ4n) is 3.20. The second-order valence-corrected chi connectivity index (χ2v) is 7.11. The van der Waals surface area contributed by atoms with Crippen molar-refractivity contribution in [2.24, 2.45) is 0 Å². The summed E-state index contributed by atoms with van der Waals surface area (Å²) in [5.74, 6) is 0.340. The van der Waals surface area contributed by atoms with Crippen LogP contribution < -0.4 is 4.90 Å². The minimum absolute atomic E-state index is 0.206. The molecule has 1 aromatic heterocycles. The lowest BCUT2D eigenvalue weighted by Gasteiger charge is -2.35. The Kier molecular flexibility index (Phi) is 5.05. The van der Waals surface area contributed by atoms with Crippen molar-refractivity contribution in [3.8, 4) is 11.5 Å². The summed E-state index contributed by atoms with van der Waals surface area (Å²) in [5, 5.41) is 4.54. The van der Waals surface area contributed by atoms with Crippen molar-refractivity contribution in [1.29, 1.82) is 0 Å². The normalized spacial score (nSPS) is 15.3. The lowest BCUT2D eigenvalue weighted by Crippen LogP contribution is -2.46. The van der Waals surface area contributed by atoms with Crippen LogP contribution in [0.15, 0.2) is 52.9 Å². The van der Waals surface area contributed by atoms with Crippen LogP contribution in [-0.4, -0.2) is 40.9 Å². The topological polar surface area (TPSA) is 37.4 Å². The number of piperazine rings is 1. The van der Waals surface area contributed by atoms with Gasteiger partial charge < -0.3 is 9.32 Å². The summed E-state index contributed by atoms with van der Waals surface area (Å²) in [6.45, 7) is 6.16. The summed E-state index contributed by atoms with van der Waals surface area (Å²) in [6.07, 6.45) is 0. The van der Waals surface area contributed by atoms with Crippen LogP contribution in [0.5, 0.6) is 0 Å². The summed E-state index contributed by atoms with van der Waals surface area (Å²) in [7, 11) is 0. The highest BCUT2D eigenvalue weighted by Gasteiger charge is 2.19. The number of aromatic nitrogens is 2. The maximum atomic E-state index is 13.1. The highest BCUT2D eigenvalue weighted by atomic mass is 32.1. The van der Waals surface area contributed by atoms with Gasteiger partial charge in [-0.3, -0.25) is 4.90 Å². The Labute approximate surface area is 162 Å². The van der Waals surface area contributed by atoms with Gasteiger partial charge in [-0.1, -0.05) is 17.7 Å². The second-order valence-electron chi connectivity index (χ2n) is 6.76. The van der Waals surface area contributed by atoms with Crippen LogP contribution in [0.3, 0.4) is 0 Å². The van der Waals surface area contributed by atoms with E-state index in [9.17, 15) is 4.39 Å². The average Bonchev–Trinajstić information content (AvgIpc) is 3.04. The first-order chi connectivity index (χ1) is 13.1. The van der Waals surface area contributed by atoms with Crippen molar-refractivity contribution >= 4 is 17.9 Å². The molecule has 1 aliphatic rings. The molecule has 1 fully saturated rings. The molecule has 3 aromatic rings. The van der Waals surface area contributed by atoms with Gasteiger partial charge in [-0.15, -0.1) is 5.10 Å². The Morgan fingerprint density at radius 2 is 1.67 bits per heavy atom. The minimum Gasteiger partial charge on any atom is -0.409 e. The van der Waals surface area contributed by atoms with Gasteiger partial charge in [0.05, 0.1) is 6.67 Å². The molecule has 27 heavy (non-hydrogen) atoms. The van der Waals surface area contributed by atoms with Gasteiger partial charge in [0.2, 0.25) is 5.89 Å². The highest BCUT2D eigenvalue weighted by molar-refractivity contribution is 7.71. The number of rotatable bonds is 4. The molecule has 0 radical (unpaired) electrons. The number of halogens is 1. The summed E-state index contributed by atoms with van der Waals surface area (Å²) in [5.41, 5.74) is 3.16. The van der Waals surface area contributed by atoms with Crippen LogP contribution in [0.1, 0.15) is 5.56 Å². The number of hydrogen-bond acceptors (Lipinski definition) is 5. The van der Waals surface area contributed by atoms with Crippen LogP contribution in [0, 0.1) is 17.6 Å². The third-order valence-electron chi connectivity index (χ3n) is 4.80. The molecular formula is C20H21FN4OS. The number of benzene rings is 2. The van der Waals surface area contributed by atoms with E-state index in [0.29, 0.717) is 17.4 Å². The molecule has 7 heteroatoms. The lowest BCUT2D eigenvalue weighted by atomic mass is 10.1. The van der Waals surface area contributed by atoms with E-state index in [-0.39, 0.29) is 5.82 Å². The third kappa shape index (κ3) is 4.09. The first-order valence-electron chi connectivity index (χ1n) is 8.96. The fraction of sp³-hybridized carbons (Fsp3) is 0.300. The van der Waals surface area contributed by atoms with Gasteiger partial charge in [0.25, 0.3) is 4.84 Å². The Hall–Kier alpha value is -2.51. The standard InChI is InChI=1S/C20H21FN4OS/c1-15-2-4-16(5-3-15)19-22-25(20(27)26-19)14-23-10-12-24(13-11-23)18-8-6-17(21)7-9-18/h2-9H,10-14H2,1H3. The van der Waals surface area contributed by atoms with E-state index < -0.39 is 0 Å². The zero-order valence-electron chi connectivity index (χ0n) is 15.1. The SMILES string of the molecule is Cc1ccc(-c2nn(CN3CCN(c4ccc(F)cc4)CC3)c(=S)o2)cc1. The van der Waals surface area contributed by atoms with E-state index in [1.807, 2.05) is 43.3 Å². The first-order valence-corrected chi connectivity index (χ1v) is 9.37. The molecule has 0 aliphatic carbocycles. The fourth-order valence-corrected chi connectivity index (χ4v) is 3.37. The van der Waals surface area contributed by atoms with Crippen LogP contribution in [0.4, 0.5) is 10.1 Å². The summed E-state index contributed by atoms with van der Waals surface area (Å²) < 4.78 is 20.5. The van der Waals surface area contributed by atoms with Crippen LogP contribution in [0.2, 0.25) is 0 Å². The van der Waals surface area contributed by atoms with Crippen LogP contribution in [0.25, 0.3) is 11.5 Å². The van der Waals surface area contributed by atoms with Crippen molar-refractivity contribution in [3.63, 3.8) is 0 Å². The van der Waals surface area contributed by atoms with E-state index in [0.717, 1.165) is 37.4 Å². The van der Waals surface area contributed by atoms with Gasteiger partial charge in [0.15, 0.2) is 0 Å². The predicted molar refractivity (Wildman–Crippen MR) is 106 cm³/mol. The molecule has 140 valence electrons. The van der Waals surface area contributed by atoms with Gasteiger partial charge in [-0.25, -0.2) is 9.07 Å². The van der Waals surface area contributed by atoms with Gasteiger partial charge in [0.1, 0.15) is 5.82 Å². The van der Waals surface area contributed by atoms with Gasteiger partial charge in [-0.05, 0) is 55.5 Å². The molecule has 0 spiro atoms. The van der Waals surface area contributed by atoms with Crippen molar-refractivity contribution in [3.05, 3.63) is 64.7 Å². The van der Waals surface area contributed by atoms with Gasteiger partial charge in [0, 0.05) is 37.4 Å². The monoisotopic (exact) mass is 384 g/mol. The molecule has 0 atom stereocenters. The zero-order chi connectivity index (χ0) is 18.8. The smallest absolute Gasteiger partial charge is 0.288 e. The van der Waals surface area contributed by atoms with Crippen molar-refractivity contribution in [2.45, 2.75) is 13.6 Å². The van der Waals surface area contributed by atoms with Gasteiger partial charge >= 0.3 is 0 Å². The Morgan fingerprint density at radius 3 is 2.33 bits per heavy atom. The van der Waals surface area contributed by atoms with E-state index in [2.05, 4.69) is 14.9 Å². The molecule has 1 saturated heterocycles. The number of aryl methyl sites for hydroxylation is 1. The number of hydrogen-bond donors (Lipinski definition) is 0. The van der Waals surface area contributed by atoms with E-state index in [4.69, 9.17) is 16.6 Å². The molecule has 0 unspecified atom stereocenters. The Bertz CT molecular complexity index is 957. The van der Waals surface area contributed by atoms with Crippen molar-refractivity contribution in [2.75, 3.05) is 31.1 Å². The summed E-state index contributed by atoms with van der Waals surface area (Å²) in [6, 6.07) is 14.7. The predicted octanol–water partition coefficient (Wildman–Crippen LogP) is 4.10. The first kappa shape index (κ1) is 17.9. The number of anilines is 1. The molecule has 0 bridgehead atoms. The third-order valence-corrected chi connectivity index (χ3v) is 5.10. The minimum atomic E-state index is -0.206. The number of nitrogens with zero attached hydrogens (tertiary/aromatic N) is 4. The molecule has 4 rings (SSSR count). The zero-order valence-corrected chi connectivity index (χ0v) is 16.0. The Balaban J connectivity index is 1.40. The lowest BCUT2D eigenvalue weighted by molar-refractivity contribution is 0.192. The van der Waals surface area contributed by atoms with E-state index in [1.165, 1.54) is 17.7 Å². The molecule has 2 heterocycles. The molecule has 2 aromatic carbocycles. The average molecular weight is 384 g/mol. The quantitative estimate of drug-likeness (QED) is 0.633. The second kappa shape index (κ2) is 7.62.